The first-order valence-electron chi connectivity index (χ1n) is 10.1. The molecule has 0 spiro atoms. The summed E-state index contributed by atoms with van der Waals surface area (Å²) in [5.74, 6) is 0.729. The van der Waals surface area contributed by atoms with Crippen LogP contribution in [0.3, 0.4) is 0 Å². The van der Waals surface area contributed by atoms with Crippen LogP contribution in [-0.2, 0) is 7.05 Å². The lowest BCUT2D eigenvalue weighted by atomic mass is 10.2. The molecule has 0 unspecified atom stereocenters. The second kappa shape index (κ2) is 10.1. The quantitative estimate of drug-likeness (QED) is 0.692. The number of piperazine rings is 1. The van der Waals surface area contributed by atoms with Crippen LogP contribution in [0.1, 0.15) is 27.6 Å². The molecule has 0 bridgehead atoms. The zero-order chi connectivity index (χ0) is 21.5. The summed E-state index contributed by atoms with van der Waals surface area (Å²) in [5, 5.41) is 7.10. The highest BCUT2D eigenvalue weighted by Crippen LogP contribution is 2.19. The molecule has 3 rings (SSSR count). The van der Waals surface area contributed by atoms with E-state index in [1.54, 1.807) is 30.1 Å². The fourth-order valence-corrected chi connectivity index (χ4v) is 3.47. The molecule has 1 aromatic carbocycles. The summed E-state index contributed by atoms with van der Waals surface area (Å²) >= 11 is 0. The van der Waals surface area contributed by atoms with Crippen LogP contribution in [0.2, 0.25) is 0 Å². The molecule has 1 N–H and O–H groups in total. The molecule has 1 fully saturated rings. The first-order chi connectivity index (χ1) is 14.5. The Labute approximate surface area is 176 Å². The predicted molar refractivity (Wildman–Crippen MR) is 112 cm³/mol. The lowest BCUT2D eigenvalue weighted by Gasteiger charge is -2.34. The highest BCUT2D eigenvalue weighted by molar-refractivity contribution is 5.97. The van der Waals surface area contributed by atoms with E-state index >= 15 is 0 Å². The van der Waals surface area contributed by atoms with Gasteiger partial charge in [-0.2, -0.15) is 0 Å². The van der Waals surface area contributed by atoms with Gasteiger partial charge in [0.25, 0.3) is 11.8 Å². The van der Waals surface area contributed by atoms with Gasteiger partial charge in [-0.3, -0.25) is 19.2 Å². The third-order valence-corrected chi connectivity index (χ3v) is 5.02. The van der Waals surface area contributed by atoms with Crippen LogP contribution in [0.4, 0.5) is 0 Å². The normalized spacial score (nSPS) is 14.4. The second-order valence-corrected chi connectivity index (χ2v) is 7.04. The summed E-state index contributed by atoms with van der Waals surface area (Å²) in [6.07, 6.45) is 1.68. The van der Waals surface area contributed by atoms with Crippen LogP contribution in [0, 0.1) is 0 Å². The SMILES string of the molecule is CCOc1ccccc1C(=O)NCCN1CCN(C(=O)c2cn(C)nc2OC)CC1. The lowest BCUT2D eigenvalue weighted by molar-refractivity contribution is 0.0634. The van der Waals surface area contributed by atoms with Gasteiger partial charge in [-0.15, -0.1) is 5.10 Å². The number of nitrogens with one attached hydrogen (secondary N) is 1. The van der Waals surface area contributed by atoms with Gasteiger partial charge in [0.1, 0.15) is 11.3 Å². The maximum absolute atomic E-state index is 12.8. The Morgan fingerprint density at radius 1 is 1.13 bits per heavy atom. The van der Waals surface area contributed by atoms with Crippen LogP contribution < -0.4 is 14.8 Å². The third-order valence-electron chi connectivity index (χ3n) is 5.02. The van der Waals surface area contributed by atoms with E-state index < -0.39 is 0 Å². The minimum atomic E-state index is -0.142. The average molecular weight is 415 g/mol. The Kier molecular flexibility index (Phi) is 7.29. The molecule has 0 radical (unpaired) electrons. The van der Waals surface area contributed by atoms with Crippen molar-refractivity contribution in [3.05, 3.63) is 41.6 Å². The van der Waals surface area contributed by atoms with E-state index in [2.05, 4.69) is 15.3 Å². The van der Waals surface area contributed by atoms with Crippen LogP contribution in [0.25, 0.3) is 0 Å². The second-order valence-electron chi connectivity index (χ2n) is 7.04. The fraction of sp³-hybridized carbons (Fsp3) is 0.476. The van der Waals surface area contributed by atoms with Crippen molar-refractivity contribution in [1.82, 2.24) is 24.9 Å². The van der Waals surface area contributed by atoms with Gasteiger partial charge in [0.05, 0.1) is 19.3 Å². The van der Waals surface area contributed by atoms with E-state index in [-0.39, 0.29) is 11.8 Å². The Balaban J connectivity index is 1.45. The van der Waals surface area contributed by atoms with Gasteiger partial charge in [-0.1, -0.05) is 12.1 Å². The van der Waals surface area contributed by atoms with Crippen LogP contribution in [0.5, 0.6) is 11.6 Å². The number of carbonyl (C=O) groups is 2. The van der Waals surface area contributed by atoms with Gasteiger partial charge in [0, 0.05) is 52.5 Å². The minimum Gasteiger partial charge on any atom is -0.493 e. The summed E-state index contributed by atoms with van der Waals surface area (Å²) in [4.78, 5) is 29.3. The molecule has 30 heavy (non-hydrogen) atoms. The maximum Gasteiger partial charge on any atom is 0.261 e. The highest BCUT2D eigenvalue weighted by Gasteiger charge is 2.26. The molecule has 9 nitrogen and oxygen atoms in total. The number of para-hydroxylation sites is 1. The Morgan fingerprint density at radius 3 is 2.57 bits per heavy atom. The largest absolute Gasteiger partial charge is 0.493 e. The van der Waals surface area contributed by atoms with Gasteiger partial charge in [-0.05, 0) is 19.1 Å². The first kappa shape index (κ1) is 21.6. The van der Waals surface area contributed by atoms with Crippen molar-refractivity contribution in [2.45, 2.75) is 6.92 Å². The topological polar surface area (TPSA) is 88.9 Å². The van der Waals surface area contributed by atoms with Gasteiger partial charge < -0.3 is 19.7 Å². The predicted octanol–water partition coefficient (Wildman–Crippen LogP) is 1.02. The number of hydrogen-bond acceptors (Lipinski definition) is 6. The molecular weight excluding hydrogens is 386 g/mol. The number of ether oxygens (including phenoxy) is 2. The molecule has 0 atom stereocenters. The van der Waals surface area contributed by atoms with Crippen molar-refractivity contribution in [2.24, 2.45) is 7.05 Å². The average Bonchev–Trinajstić information content (AvgIpc) is 3.15. The van der Waals surface area contributed by atoms with E-state index in [0.717, 1.165) is 19.6 Å². The first-order valence-corrected chi connectivity index (χ1v) is 10.1. The van der Waals surface area contributed by atoms with Crippen LogP contribution >= 0.6 is 0 Å². The molecule has 1 saturated heterocycles. The van der Waals surface area contributed by atoms with Crippen molar-refractivity contribution >= 4 is 11.8 Å². The fourth-order valence-electron chi connectivity index (χ4n) is 3.47. The van der Waals surface area contributed by atoms with Crippen molar-refractivity contribution < 1.29 is 19.1 Å². The number of aromatic nitrogens is 2. The van der Waals surface area contributed by atoms with Crippen molar-refractivity contribution in [1.29, 1.82) is 0 Å². The number of amides is 2. The number of hydrogen-bond donors (Lipinski definition) is 1. The summed E-state index contributed by atoms with van der Waals surface area (Å²) < 4.78 is 12.3. The summed E-state index contributed by atoms with van der Waals surface area (Å²) in [7, 11) is 3.27. The molecule has 0 aliphatic carbocycles. The lowest BCUT2D eigenvalue weighted by Crippen LogP contribution is -2.50. The van der Waals surface area contributed by atoms with Gasteiger partial charge in [0.2, 0.25) is 5.88 Å². The van der Waals surface area contributed by atoms with E-state index in [1.807, 2.05) is 24.0 Å². The van der Waals surface area contributed by atoms with Gasteiger partial charge in [-0.25, -0.2) is 0 Å². The molecule has 0 saturated carbocycles. The monoisotopic (exact) mass is 415 g/mol. The molecule has 9 heteroatoms. The van der Waals surface area contributed by atoms with E-state index in [0.29, 0.717) is 49.0 Å². The molecule has 2 heterocycles. The molecule has 1 aliphatic rings. The van der Waals surface area contributed by atoms with Crippen molar-refractivity contribution in [2.75, 3.05) is 53.0 Å². The number of methoxy groups -OCH3 is 1. The van der Waals surface area contributed by atoms with Gasteiger partial charge >= 0.3 is 0 Å². The number of carbonyl (C=O) groups excluding carboxylic acids is 2. The molecule has 162 valence electrons. The summed E-state index contributed by atoms with van der Waals surface area (Å²) in [5.41, 5.74) is 1.02. The molecule has 2 aromatic rings. The third kappa shape index (κ3) is 5.10. The van der Waals surface area contributed by atoms with Gasteiger partial charge in [0.15, 0.2) is 0 Å². The zero-order valence-corrected chi connectivity index (χ0v) is 17.8. The number of benzene rings is 1. The standard InChI is InChI=1S/C21H29N5O4/c1-4-30-18-8-6-5-7-16(18)19(27)22-9-10-25-11-13-26(14-12-25)21(28)17-15-24(2)23-20(17)29-3/h5-8,15H,4,9-14H2,1-3H3,(H,22,27). The Hall–Kier alpha value is -3.07. The number of aryl methyl sites for hydroxylation is 1. The minimum absolute atomic E-state index is 0.0690. The summed E-state index contributed by atoms with van der Waals surface area (Å²) in [6, 6.07) is 7.23. The van der Waals surface area contributed by atoms with Crippen LogP contribution in [-0.4, -0.2) is 84.4 Å². The van der Waals surface area contributed by atoms with Crippen LogP contribution in [0.15, 0.2) is 30.5 Å². The van der Waals surface area contributed by atoms with Crippen molar-refractivity contribution in [3.8, 4) is 11.6 Å². The Bertz CT molecular complexity index is 874. The zero-order valence-electron chi connectivity index (χ0n) is 17.8. The van der Waals surface area contributed by atoms with Crippen molar-refractivity contribution in [3.63, 3.8) is 0 Å². The number of nitrogens with zero attached hydrogens (tertiary/aromatic N) is 4. The maximum atomic E-state index is 12.8. The molecule has 2 amide bonds. The molecule has 1 aliphatic heterocycles. The summed E-state index contributed by atoms with van der Waals surface area (Å²) in [6.45, 7) is 6.40. The number of rotatable bonds is 8. The Morgan fingerprint density at radius 2 is 1.87 bits per heavy atom. The van der Waals surface area contributed by atoms with E-state index in [9.17, 15) is 9.59 Å². The highest BCUT2D eigenvalue weighted by atomic mass is 16.5. The van der Waals surface area contributed by atoms with E-state index in [1.165, 1.54) is 7.11 Å². The molecule has 1 aromatic heterocycles. The smallest absolute Gasteiger partial charge is 0.261 e. The molecular formula is C21H29N5O4. The van der Waals surface area contributed by atoms with E-state index in [4.69, 9.17) is 9.47 Å².